The van der Waals surface area contributed by atoms with Crippen LogP contribution < -0.4 is 0 Å². The molecule has 5 heteroatoms. The topological polar surface area (TPSA) is 35.5 Å². The molecular formula is C20H36Ge2O3. The molecule has 0 radical (unpaired) electrons. The van der Waals surface area contributed by atoms with E-state index in [4.69, 9.17) is 7.53 Å². The summed E-state index contributed by atoms with van der Waals surface area (Å²) in [6.45, 7) is 13.2. The van der Waals surface area contributed by atoms with Crippen molar-refractivity contribution in [1.29, 1.82) is 0 Å². The fourth-order valence-corrected chi connectivity index (χ4v) is 14.3. The van der Waals surface area contributed by atoms with Gasteiger partial charge in [-0.2, -0.15) is 0 Å². The van der Waals surface area contributed by atoms with Crippen molar-refractivity contribution in [2.75, 3.05) is 0 Å². The van der Waals surface area contributed by atoms with Crippen LogP contribution in [-0.4, -0.2) is 33.2 Å². The van der Waals surface area contributed by atoms with Crippen LogP contribution in [0.4, 0.5) is 0 Å². The molecule has 0 N–H and O–H groups in total. The summed E-state index contributed by atoms with van der Waals surface area (Å²) < 4.78 is 12.9. The van der Waals surface area contributed by atoms with Crippen molar-refractivity contribution < 1.29 is 12.3 Å². The van der Waals surface area contributed by atoms with E-state index >= 15 is 0 Å². The van der Waals surface area contributed by atoms with E-state index in [9.17, 15) is 4.79 Å². The Morgan fingerprint density at radius 1 is 0.800 bits per heavy atom. The maximum atomic E-state index is 13.2. The number of hydrogen-bond donors (Lipinski definition) is 0. The molecule has 142 valence electrons. The summed E-state index contributed by atoms with van der Waals surface area (Å²) in [6.07, 6.45) is -0.546. The third-order valence-corrected chi connectivity index (χ3v) is 25.0. The van der Waals surface area contributed by atoms with Crippen molar-refractivity contribution in [3.05, 3.63) is 35.9 Å². The van der Waals surface area contributed by atoms with E-state index in [0.717, 1.165) is 37.1 Å². The van der Waals surface area contributed by atoms with Crippen LogP contribution in [0.15, 0.2) is 30.3 Å². The van der Waals surface area contributed by atoms with Crippen molar-refractivity contribution in [3.63, 3.8) is 0 Å². The van der Waals surface area contributed by atoms with Crippen LogP contribution in [-0.2, 0) is 12.3 Å². The standard InChI is InChI=1S/C20H36Ge2O3/c1-7-21(8-2,9-3)24-19(18-16-14-13-15-17-18)20(23)25-22(10-4,11-5)12-6/h13-17,19H,7-12H2,1-6H3. The summed E-state index contributed by atoms with van der Waals surface area (Å²) in [5.41, 5.74) is 0.942. The van der Waals surface area contributed by atoms with E-state index in [2.05, 4.69) is 41.5 Å². The van der Waals surface area contributed by atoms with Gasteiger partial charge in [-0.05, 0) is 0 Å². The number of benzene rings is 1. The van der Waals surface area contributed by atoms with E-state index in [0.29, 0.717) is 0 Å². The molecule has 0 spiro atoms. The number of rotatable bonds is 11. The first-order chi connectivity index (χ1) is 11.9. The van der Waals surface area contributed by atoms with Crippen molar-refractivity contribution in [1.82, 2.24) is 0 Å². The van der Waals surface area contributed by atoms with Crippen LogP contribution >= 0.6 is 0 Å². The minimum absolute atomic E-state index is 0.137. The maximum absolute atomic E-state index is 13.2. The van der Waals surface area contributed by atoms with Gasteiger partial charge in [0.05, 0.1) is 0 Å². The van der Waals surface area contributed by atoms with Crippen LogP contribution in [0, 0.1) is 0 Å². The van der Waals surface area contributed by atoms with E-state index < -0.39 is 33.3 Å². The summed E-state index contributed by atoms with van der Waals surface area (Å²) in [6, 6.07) is 9.93. The van der Waals surface area contributed by atoms with E-state index in [1.54, 1.807) is 0 Å². The van der Waals surface area contributed by atoms with Gasteiger partial charge in [-0.15, -0.1) is 0 Å². The summed E-state index contributed by atoms with van der Waals surface area (Å²) >= 11 is -5.04. The number of hydrogen-bond acceptors (Lipinski definition) is 3. The molecule has 0 saturated carbocycles. The summed E-state index contributed by atoms with van der Waals surface area (Å²) in [5.74, 6) is -0.137. The molecule has 1 unspecified atom stereocenters. The molecule has 1 aromatic carbocycles. The van der Waals surface area contributed by atoms with Crippen molar-refractivity contribution >= 4 is 33.2 Å². The Bertz CT molecular complexity index is 494. The minimum atomic E-state index is -2.55. The van der Waals surface area contributed by atoms with Crippen molar-refractivity contribution in [3.8, 4) is 0 Å². The Kier molecular flexibility index (Phi) is 9.82. The van der Waals surface area contributed by atoms with Gasteiger partial charge in [0.15, 0.2) is 0 Å². The Hall–Kier alpha value is -0.264. The first kappa shape index (κ1) is 22.8. The number of carbonyl (C=O) groups is 1. The van der Waals surface area contributed by atoms with E-state index in [1.807, 2.05) is 30.3 Å². The molecule has 0 aromatic heterocycles. The Labute approximate surface area is 160 Å². The van der Waals surface area contributed by atoms with Gasteiger partial charge in [0.2, 0.25) is 0 Å². The molecule has 1 aromatic rings. The summed E-state index contributed by atoms with van der Waals surface area (Å²) in [4.78, 5) is 13.2. The van der Waals surface area contributed by atoms with Gasteiger partial charge >= 0.3 is 161 Å². The third-order valence-electron chi connectivity index (χ3n) is 5.87. The van der Waals surface area contributed by atoms with Crippen LogP contribution in [0.3, 0.4) is 0 Å². The van der Waals surface area contributed by atoms with Gasteiger partial charge in [0.25, 0.3) is 0 Å². The van der Waals surface area contributed by atoms with Gasteiger partial charge in [-0.3, -0.25) is 0 Å². The van der Waals surface area contributed by atoms with Crippen LogP contribution in [0.2, 0.25) is 31.5 Å². The molecule has 0 heterocycles. The second-order valence-electron chi connectivity index (χ2n) is 6.82. The molecule has 0 aliphatic carbocycles. The van der Waals surface area contributed by atoms with Crippen LogP contribution in [0.25, 0.3) is 0 Å². The normalized spacial score (nSPS) is 13.5. The van der Waals surface area contributed by atoms with Gasteiger partial charge in [0.1, 0.15) is 0 Å². The molecule has 25 heavy (non-hydrogen) atoms. The van der Waals surface area contributed by atoms with Crippen molar-refractivity contribution in [2.45, 2.75) is 79.2 Å². The molecule has 0 aliphatic heterocycles. The average molecular weight is 470 g/mol. The zero-order valence-electron chi connectivity index (χ0n) is 16.9. The fraction of sp³-hybridized carbons (Fsp3) is 0.650. The summed E-state index contributed by atoms with van der Waals surface area (Å²) in [7, 11) is 0. The van der Waals surface area contributed by atoms with Gasteiger partial charge in [0, 0.05) is 0 Å². The Morgan fingerprint density at radius 3 is 1.64 bits per heavy atom. The molecule has 3 nitrogen and oxygen atoms in total. The van der Waals surface area contributed by atoms with Gasteiger partial charge in [-0.25, -0.2) is 0 Å². The van der Waals surface area contributed by atoms with E-state index in [-0.39, 0.29) is 5.97 Å². The predicted octanol–water partition coefficient (Wildman–Crippen LogP) is 6.30. The molecule has 0 bridgehead atoms. The monoisotopic (exact) mass is 472 g/mol. The molecule has 0 amide bonds. The first-order valence-electron chi connectivity index (χ1n) is 9.90. The first-order valence-corrected chi connectivity index (χ1v) is 20.5. The fourth-order valence-electron chi connectivity index (χ4n) is 3.36. The molecule has 0 fully saturated rings. The third kappa shape index (κ3) is 5.86. The zero-order chi connectivity index (χ0) is 18.9. The quantitative estimate of drug-likeness (QED) is 0.357. The SMILES string of the molecule is C[CH2][Ge]([CH2]C)([CH2]C)[O]C(=O)C([O][Ge]([CH2]C)([CH2]C)[CH2]C)c1ccccc1. The predicted molar refractivity (Wildman–Crippen MR) is 111 cm³/mol. The Morgan fingerprint density at radius 2 is 1.24 bits per heavy atom. The number of carbonyl (C=O) groups excluding carboxylic acids is 1. The molecule has 0 aliphatic rings. The second kappa shape index (κ2) is 10.8. The van der Waals surface area contributed by atoms with Crippen LogP contribution in [0.5, 0.6) is 0 Å². The average Bonchev–Trinajstić information content (AvgIpc) is 2.68. The van der Waals surface area contributed by atoms with E-state index in [1.165, 1.54) is 0 Å². The van der Waals surface area contributed by atoms with Crippen molar-refractivity contribution in [2.24, 2.45) is 0 Å². The van der Waals surface area contributed by atoms with Gasteiger partial charge in [-0.1, -0.05) is 0 Å². The summed E-state index contributed by atoms with van der Waals surface area (Å²) in [5, 5.41) is 6.27. The van der Waals surface area contributed by atoms with Crippen LogP contribution in [0.1, 0.15) is 53.2 Å². The van der Waals surface area contributed by atoms with Gasteiger partial charge < -0.3 is 0 Å². The zero-order valence-corrected chi connectivity index (χ0v) is 21.1. The molecular weight excluding hydrogens is 433 g/mol. The Balaban J connectivity index is 3.17. The molecule has 0 saturated heterocycles. The molecule has 1 rings (SSSR count). The molecule has 1 atom stereocenters. The second-order valence-corrected chi connectivity index (χ2v) is 26.6.